The van der Waals surface area contributed by atoms with Gasteiger partial charge in [0.15, 0.2) is 0 Å². The van der Waals surface area contributed by atoms with Crippen LogP contribution in [0.1, 0.15) is 45.7 Å². The monoisotopic (exact) mass is 306 g/mol. The van der Waals surface area contributed by atoms with E-state index in [0.29, 0.717) is 0 Å². The van der Waals surface area contributed by atoms with Crippen molar-refractivity contribution < 1.29 is 9.53 Å². The number of carbonyl (C=O) groups is 1. The first kappa shape index (κ1) is 15.8. The standard InChI is InChI=1S/C16H22N2O2S/c1-10(2)13(18-15(19)20-16(3,4)5)14-17-11-8-6-7-9-12(11)21-14/h6-10,13H,1-5H3,(H,18,19). The van der Waals surface area contributed by atoms with Crippen LogP contribution in [0, 0.1) is 5.92 Å². The SMILES string of the molecule is CC(C)C(NC(=O)OC(C)(C)C)c1nc2ccccc2s1. The van der Waals surface area contributed by atoms with Gasteiger partial charge in [-0.15, -0.1) is 11.3 Å². The van der Waals surface area contributed by atoms with E-state index in [-0.39, 0.29) is 12.0 Å². The Hall–Kier alpha value is -1.62. The van der Waals surface area contributed by atoms with Gasteiger partial charge in [-0.05, 0) is 38.8 Å². The van der Waals surface area contributed by atoms with Gasteiger partial charge in [-0.25, -0.2) is 9.78 Å². The minimum Gasteiger partial charge on any atom is -0.444 e. The lowest BCUT2D eigenvalue weighted by atomic mass is 10.1. The van der Waals surface area contributed by atoms with E-state index in [1.807, 2.05) is 45.0 Å². The Bertz CT molecular complexity index is 595. The lowest BCUT2D eigenvalue weighted by molar-refractivity contribution is 0.0489. The van der Waals surface area contributed by atoms with Crippen molar-refractivity contribution >= 4 is 27.6 Å². The van der Waals surface area contributed by atoms with Crippen LogP contribution in [0.25, 0.3) is 10.2 Å². The first-order valence-corrected chi connectivity index (χ1v) is 7.93. The number of alkyl carbamates (subject to hydrolysis) is 1. The summed E-state index contributed by atoms with van der Waals surface area (Å²) >= 11 is 1.61. The Balaban J connectivity index is 2.21. The first-order chi connectivity index (χ1) is 9.76. The maximum Gasteiger partial charge on any atom is 0.408 e. The zero-order valence-corrected chi connectivity index (χ0v) is 14.0. The lowest BCUT2D eigenvalue weighted by Gasteiger charge is -2.24. The van der Waals surface area contributed by atoms with E-state index in [1.54, 1.807) is 11.3 Å². The van der Waals surface area contributed by atoms with Crippen LogP contribution in [0.3, 0.4) is 0 Å². The van der Waals surface area contributed by atoms with Gasteiger partial charge in [-0.3, -0.25) is 0 Å². The molecule has 1 amide bonds. The Kier molecular flexibility index (Phi) is 4.52. The number of rotatable bonds is 3. The molecule has 5 heteroatoms. The highest BCUT2D eigenvalue weighted by Crippen LogP contribution is 2.30. The van der Waals surface area contributed by atoms with Gasteiger partial charge in [0.25, 0.3) is 0 Å². The highest BCUT2D eigenvalue weighted by molar-refractivity contribution is 7.18. The summed E-state index contributed by atoms with van der Waals surface area (Å²) < 4.78 is 6.47. The number of thiazole rings is 1. The molecule has 0 spiro atoms. The van der Waals surface area contributed by atoms with Gasteiger partial charge in [0.05, 0.1) is 16.3 Å². The second kappa shape index (κ2) is 6.02. The van der Waals surface area contributed by atoms with E-state index in [0.717, 1.165) is 15.2 Å². The third kappa shape index (κ3) is 4.17. The normalized spacial score (nSPS) is 13.4. The molecular formula is C16H22N2O2S. The van der Waals surface area contributed by atoms with Crippen LogP contribution >= 0.6 is 11.3 Å². The molecule has 1 aromatic carbocycles. The summed E-state index contributed by atoms with van der Waals surface area (Å²) in [5.41, 5.74) is 0.466. The molecule has 1 N–H and O–H groups in total. The fourth-order valence-corrected chi connectivity index (χ4v) is 3.16. The maximum absolute atomic E-state index is 12.0. The van der Waals surface area contributed by atoms with E-state index in [2.05, 4.69) is 24.1 Å². The number of nitrogens with zero attached hydrogens (tertiary/aromatic N) is 1. The van der Waals surface area contributed by atoms with Gasteiger partial charge < -0.3 is 10.1 Å². The van der Waals surface area contributed by atoms with Crippen molar-refractivity contribution in [1.29, 1.82) is 0 Å². The van der Waals surface area contributed by atoms with Crippen molar-refractivity contribution in [2.45, 2.75) is 46.3 Å². The molecule has 0 radical (unpaired) electrons. The van der Waals surface area contributed by atoms with Gasteiger partial charge in [0.2, 0.25) is 0 Å². The molecule has 2 rings (SSSR count). The molecular weight excluding hydrogens is 284 g/mol. The quantitative estimate of drug-likeness (QED) is 0.907. The fraction of sp³-hybridized carbons (Fsp3) is 0.500. The third-order valence-electron chi connectivity index (χ3n) is 2.92. The van der Waals surface area contributed by atoms with E-state index in [4.69, 9.17) is 4.74 Å². The summed E-state index contributed by atoms with van der Waals surface area (Å²) in [6.07, 6.45) is -0.402. The largest absolute Gasteiger partial charge is 0.444 e. The number of ether oxygens (including phenoxy) is 1. The Morgan fingerprint density at radius 2 is 1.95 bits per heavy atom. The number of hydrogen-bond donors (Lipinski definition) is 1. The molecule has 1 aromatic heterocycles. The molecule has 0 saturated carbocycles. The minimum absolute atomic E-state index is 0.141. The van der Waals surface area contributed by atoms with Crippen molar-refractivity contribution in [3.8, 4) is 0 Å². The smallest absolute Gasteiger partial charge is 0.408 e. The molecule has 1 heterocycles. The predicted octanol–water partition coefficient (Wildman–Crippen LogP) is 4.52. The summed E-state index contributed by atoms with van der Waals surface area (Å²) in [6.45, 7) is 9.69. The third-order valence-corrected chi connectivity index (χ3v) is 4.03. The summed E-state index contributed by atoms with van der Waals surface area (Å²) in [7, 11) is 0. The molecule has 21 heavy (non-hydrogen) atoms. The number of carbonyl (C=O) groups excluding carboxylic acids is 1. The number of para-hydroxylation sites is 1. The number of nitrogens with one attached hydrogen (secondary N) is 1. The van der Waals surface area contributed by atoms with Crippen molar-refractivity contribution in [1.82, 2.24) is 10.3 Å². The highest BCUT2D eigenvalue weighted by Gasteiger charge is 2.25. The molecule has 0 fully saturated rings. The zero-order chi connectivity index (χ0) is 15.6. The van der Waals surface area contributed by atoms with Gasteiger partial charge in [0.1, 0.15) is 10.6 Å². The van der Waals surface area contributed by atoms with Crippen molar-refractivity contribution in [3.63, 3.8) is 0 Å². The van der Waals surface area contributed by atoms with Crippen molar-refractivity contribution in [2.24, 2.45) is 5.92 Å². The molecule has 0 bridgehead atoms. The number of aromatic nitrogens is 1. The Labute approximate surface area is 129 Å². The zero-order valence-electron chi connectivity index (χ0n) is 13.1. The molecule has 0 aliphatic rings. The van der Waals surface area contributed by atoms with Crippen LogP contribution in [0.2, 0.25) is 0 Å². The number of benzene rings is 1. The molecule has 0 aliphatic heterocycles. The number of hydrogen-bond acceptors (Lipinski definition) is 4. The molecule has 0 aliphatic carbocycles. The van der Waals surface area contributed by atoms with Gasteiger partial charge >= 0.3 is 6.09 Å². The molecule has 114 valence electrons. The van der Waals surface area contributed by atoms with Gasteiger partial charge in [0, 0.05) is 0 Å². The number of fused-ring (bicyclic) bond motifs is 1. The van der Waals surface area contributed by atoms with E-state index >= 15 is 0 Å². The summed E-state index contributed by atoms with van der Waals surface area (Å²) in [6, 6.07) is 7.85. The second-order valence-electron chi connectivity index (χ2n) is 6.39. The maximum atomic E-state index is 12.0. The van der Waals surface area contributed by atoms with Crippen LogP contribution in [0.15, 0.2) is 24.3 Å². The first-order valence-electron chi connectivity index (χ1n) is 7.11. The van der Waals surface area contributed by atoms with Crippen LogP contribution in [0.5, 0.6) is 0 Å². The second-order valence-corrected chi connectivity index (χ2v) is 7.45. The van der Waals surface area contributed by atoms with Crippen molar-refractivity contribution in [2.75, 3.05) is 0 Å². The van der Waals surface area contributed by atoms with Crippen LogP contribution < -0.4 is 5.32 Å². The van der Waals surface area contributed by atoms with Gasteiger partial charge in [-0.1, -0.05) is 26.0 Å². The predicted molar refractivity (Wildman–Crippen MR) is 86.6 cm³/mol. The average Bonchev–Trinajstić information content (AvgIpc) is 2.76. The van der Waals surface area contributed by atoms with E-state index in [1.165, 1.54) is 0 Å². The molecule has 2 aromatic rings. The minimum atomic E-state index is -0.501. The molecule has 1 unspecified atom stereocenters. The van der Waals surface area contributed by atoms with Crippen LogP contribution in [-0.4, -0.2) is 16.7 Å². The Morgan fingerprint density at radius 1 is 1.29 bits per heavy atom. The van der Waals surface area contributed by atoms with Crippen LogP contribution in [-0.2, 0) is 4.74 Å². The van der Waals surface area contributed by atoms with Crippen molar-refractivity contribution in [3.05, 3.63) is 29.3 Å². The van der Waals surface area contributed by atoms with E-state index < -0.39 is 11.7 Å². The van der Waals surface area contributed by atoms with Gasteiger partial charge in [-0.2, -0.15) is 0 Å². The topological polar surface area (TPSA) is 51.2 Å². The van der Waals surface area contributed by atoms with Crippen LogP contribution in [0.4, 0.5) is 4.79 Å². The summed E-state index contributed by atoms with van der Waals surface area (Å²) in [5.74, 6) is 0.234. The number of amides is 1. The van der Waals surface area contributed by atoms with E-state index in [9.17, 15) is 4.79 Å². The fourth-order valence-electron chi connectivity index (χ4n) is 1.97. The highest BCUT2D eigenvalue weighted by atomic mass is 32.1. The summed E-state index contributed by atoms with van der Waals surface area (Å²) in [5, 5.41) is 3.85. The molecule has 0 saturated heterocycles. The molecule has 1 atom stereocenters. The molecule has 4 nitrogen and oxygen atoms in total. The lowest BCUT2D eigenvalue weighted by Crippen LogP contribution is -2.36. The summed E-state index contributed by atoms with van der Waals surface area (Å²) in [4.78, 5) is 16.6. The average molecular weight is 306 g/mol. The Morgan fingerprint density at radius 3 is 2.52 bits per heavy atom.